The highest BCUT2D eigenvalue weighted by Crippen LogP contribution is 2.51. The van der Waals surface area contributed by atoms with E-state index in [0.717, 1.165) is 22.5 Å². The van der Waals surface area contributed by atoms with Gasteiger partial charge in [-0.25, -0.2) is 0 Å². The summed E-state index contributed by atoms with van der Waals surface area (Å²) in [5.41, 5.74) is 8.58. The van der Waals surface area contributed by atoms with Gasteiger partial charge in [0, 0.05) is 22.5 Å². The monoisotopic (exact) mass is 587 g/mol. The molecule has 4 heteroatoms. The number of benzene rings is 6. The molecule has 222 valence electrons. The molecule has 1 heterocycles. The number of fused-ring (bicyclic) bond motifs is 5. The van der Waals surface area contributed by atoms with Gasteiger partial charge in [0.2, 0.25) is 0 Å². The molecule has 1 fully saturated rings. The maximum Gasteiger partial charge on any atom is 0.495 e. The van der Waals surface area contributed by atoms with Gasteiger partial charge in [-0.1, -0.05) is 98.8 Å². The Morgan fingerprint density at radius 1 is 0.489 bits per heavy atom. The first-order valence-corrected chi connectivity index (χ1v) is 16.0. The fraction of sp³-hybridized carbons (Fsp3) is 0.220. The van der Waals surface area contributed by atoms with E-state index in [9.17, 15) is 0 Å². The average Bonchev–Trinajstić information content (AvgIpc) is 3.40. The van der Waals surface area contributed by atoms with Gasteiger partial charge in [-0.05, 0) is 113 Å². The molecule has 8 rings (SSSR count). The number of hydrogen-bond acceptors (Lipinski definition) is 3. The van der Waals surface area contributed by atoms with Gasteiger partial charge in [0.05, 0.1) is 11.2 Å². The highest BCUT2D eigenvalue weighted by Gasteiger charge is 2.53. The molecule has 0 aromatic heterocycles. The summed E-state index contributed by atoms with van der Waals surface area (Å²) in [6, 6.07) is 44.2. The average molecular weight is 588 g/mol. The highest BCUT2D eigenvalue weighted by molar-refractivity contribution is 6.64. The molecular formula is C41H38BNO2. The molecule has 1 saturated heterocycles. The van der Waals surface area contributed by atoms with Crippen molar-refractivity contribution in [2.45, 2.75) is 58.2 Å². The number of nitrogens with zero attached hydrogens (tertiary/aromatic N) is 1. The van der Waals surface area contributed by atoms with Crippen molar-refractivity contribution >= 4 is 51.2 Å². The van der Waals surface area contributed by atoms with Crippen LogP contribution in [0.2, 0.25) is 0 Å². The van der Waals surface area contributed by atoms with Crippen molar-refractivity contribution < 1.29 is 9.31 Å². The van der Waals surface area contributed by atoms with Crippen LogP contribution in [0.1, 0.15) is 52.7 Å². The van der Waals surface area contributed by atoms with Crippen molar-refractivity contribution in [3.8, 4) is 11.1 Å². The quantitative estimate of drug-likeness (QED) is 0.192. The minimum atomic E-state index is -0.438. The summed E-state index contributed by atoms with van der Waals surface area (Å²) < 4.78 is 13.2. The molecule has 0 spiro atoms. The molecule has 0 N–H and O–H groups in total. The first-order chi connectivity index (χ1) is 21.5. The molecule has 6 aromatic carbocycles. The smallest absolute Gasteiger partial charge is 0.399 e. The van der Waals surface area contributed by atoms with E-state index in [1.165, 1.54) is 43.8 Å². The molecule has 3 nitrogen and oxygen atoms in total. The molecular weight excluding hydrogens is 549 g/mol. The van der Waals surface area contributed by atoms with Crippen LogP contribution in [-0.4, -0.2) is 18.3 Å². The Morgan fingerprint density at radius 2 is 1.00 bits per heavy atom. The Bertz CT molecular complexity index is 2030. The molecule has 1 aliphatic heterocycles. The second-order valence-electron chi connectivity index (χ2n) is 14.1. The summed E-state index contributed by atoms with van der Waals surface area (Å²) in [4.78, 5) is 2.39. The SMILES string of the molecule is CC1(C)c2ccc(N(c3ccc4ccccc4c3)c3ccc4ccccc4c3)cc2-c2c(B3OC(C)(C)C(C)(C)O3)cccc21. The zero-order valence-electron chi connectivity index (χ0n) is 26.9. The van der Waals surface area contributed by atoms with Gasteiger partial charge in [-0.15, -0.1) is 0 Å². The van der Waals surface area contributed by atoms with Gasteiger partial charge in [-0.2, -0.15) is 0 Å². The van der Waals surface area contributed by atoms with Crippen molar-refractivity contribution in [2.75, 3.05) is 4.90 Å². The van der Waals surface area contributed by atoms with E-state index in [-0.39, 0.29) is 5.41 Å². The van der Waals surface area contributed by atoms with Crippen molar-refractivity contribution in [3.63, 3.8) is 0 Å². The van der Waals surface area contributed by atoms with E-state index in [2.05, 4.69) is 168 Å². The third-order valence-corrected chi connectivity index (χ3v) is 10.5. The zero-order chi connectivity index (χ0) is 31.1. The van der Waals surface area contributed by atoms with Crippen molar-refractivity contribution in [2.24, 2.45) is 0 Å². The Morgan fingerprint density at radius 3 is 1.58 bits per heavy atom. The van der Waals surface area contributed by atoms with Crippen LogP contribution in [0.25, 0.3) is 32.7 Å². The van der Waals surface area contributed by atoms with Crippen molar-refractivity contribution in [3.05, 3.63) is 132 Å². The Balaban J connectivity index is 1.33. The number of anilines is 3. The third kappa shape index (κ3) is 4.34. The maximum absolute atomic E-state index is 6.62. The van der Waals surface area contributed by atoms with Gasteiger partial charge in [0.15, 0.2) is 0 Å². The molecule has 0 amide bonds. The van der Waals surface area contributed by atoms with Crippen molar-refractivity contribution in [1.29, 1.82) is 0 Å². The van der Waals surface area contributed by atoms with Gasteiger partial charge < -0.3 is 14.2 Å². The third-order valence-electron chi connectivity index (χ3n) is 10.5. The predicted molar refractivity (Wildman–Crippen MR) is 189 cm³/mol. The lowest BCUT2D eigenvalue weighted by atomic mass is 9.73. The van der Waals surface area contributed by atoms with E-state index < -0.39 is 18.3 Å². The first-order valence-electron chi connectivity index (χ1n) is 16.0. The summed E-state index contributed by atoms with van der Waals surface area (Å²) >= 11 is 0. The van der Waals surface area contributed by atoms with Crippen LogP contribution in [0, 0.1) is 0 Å². The number of rotatable bonds is 4. The van der Waals surface area contributed by atoms with Crippen LogP contribution in [-0.2, 0) is 14.7 Å². The minimum absolute atomic E-state index is 0.153. The van der Waals surface area contributed by atoms with Crippen LogP contribution in [0.4, 0.5) is 17.1 Å². The molecule has 1 aliphatic carbocycles. The van der Waals surface area contributed by atoms with Gasteiger partial charge in [0.1, 0.15) is 0 Å². The first kappa shape index (κ1) is 28.1. The second-order valence-corrected chi connectivity index (χ2v) is 14.1. The normalized spacial score (nSPS) is 17.4. The van der Waals surface area contributed by atoms with E-state index in [1.54, 1.807) is 0 Å². The van der Waals surface area contributed by atoms with Crippen molar-refractivity contribution in [1.82, 2.24) is 0 Å². The highest BCUT2D eigenvalue weighted by atomic mass is 16.7. The van der Waals surface area contributed by atoms with Gasteiger partial charge >= 0.3 is 7.12 Å². The Hall–Kier alpha value is -4.38. The van der Waals surface area contributed by atoms with Crippen LogP contribution in [0.5, 0.6) is 0 Å². The lowest BCUT2D eigenvalue weighted by Crippen LogP contribution is -2.41. The molecule has 0 atom stereocenters. The zero-order valence-corrected chi connectivity index (χ0v) is 26.9. The maximum atomic E-state index is 6.62. The molecule has 0 bridgehead atoms. The topological polar surface area (TPSA) is 21.7 Å². The lowest BCUT2D eigenvalue weighted by Gasteiger charge is -2.32. The van der Waals surface area contributed by atoms with E-state index in [0.29, 0.717) is 0 Å². The summed E-state index contributed by atoms with van der Waals surface area (Å²) in [6.45, 7) is 13.1. The van der Waals surface area contributed by atoms with Gasteiger partial charge in [0.25, 0.3) is 0 Å². The summed E-state index contributed by atoms with van der Waals surface area (Å²) in [7, 11) is -0.438. The van der Waals surface area contributed by atoms with Crippen LogP contribution < -0.4 is 10.4 Å². The summed E-state index contributed by atoms with van der Waals surface area (Å²) in [5, 5.41) is 4.90. The number of hydrogen-bond donors (Lipinski definition) is 0. The predicted octanol–water partition coefficient (Wildman–Crippen LogP) is 10.1. The van der Waals surface area contributed by atoms with E-state index in [4.69, 9.17) is 9.31 Å². The molecule has 0 saturated carbocycles. The van der Waals surface area contributed by atoms with E-state index >= 15 is 0 Å². The fourth-order valence-corrected chi connectivity index (χ4v) is 7.21. The minimum Gasteiger partial charge on any atom is -0.399 e. The molecule has 2 aliphatic rings. The molecule has 0 unspecified atom stereocenters. The fourth-order valence-electron chi connectivity index (χ4n) is 7.21. The standard InChI is InChI=1S/C41H38BNO2/c1-39(2)35-23-22-33(26-34(35)38-36(39)16-11-17-37(38)42-44-40(3,4)41(5,6)45-42)43(31-20-18-27-12-7-9-14-29(27)24-31)32-21-19-28-13-8-10-15-30(28)25-32/h7-26H,1-6H3. The van der Waals surface area contributed by atoms with Crippen LogP contribution in [0.15, 0.2) is 121 Å². The lowest BCUT2D eigenvalue weighted by molar-refractivity contribution is 0.00578. The largest absolute Gasteiger partial charge is 0.495 e. The van der Waals surface area contributed by atoms with Crippen LogP contribution >= 0.6 is 0 Å². The molecule has 45 heavy (non-hydrogen) atoms. The molecule has 0 radical (unpaired) electrons. The summed E-state index contributed by atoms with van der Waals surface area (Å²) in [5.74, 6) is 0. The second kappa shape index (κ2) is 9.81. The Kier molecular flexibility index (Phi) is 6.13. The van der Waals surface area contributed by atoms with Gasteiger partial charge in [-0.3, -0.25) is 0 Å². The van der Waals surface area contributed by atoms with E-state index in [1.807, 2.05) is 0 Å². The Labute approximate surface area is 266 Å². The van der Waals surface area contributed by atoms with Crippen LogP contribution in [0.3, 0.4) is 0 Å². The summed E-state index contributed by atoms with van der Waals surface area (Å²) in [6.07, 6.45) is 0. The molecule has 6 aromatic rings.